The normalized spacial score (nSPS) is 11.6. The number of hydrogen-bond acceptors (Lipinski definition) is 1. The molecule has 0 aliphatic carbocycles. The molecule has 0 saturated heterocycles. The highest BCUT2D eigenvalue weighted by Crippen LogP contribution is 2.48. The molecule has 0 aliphatic rings. The number of aromatic nitrogens is 3. The van der Waals surface area contributed by atoms with Gasteiger partial charge in [-0.15, -0.1) is 0 Å². The summed E-state index contributed by atoms with van der Waals surface area (Å²) in [6, 6.07) is 122. The molecule has 3 aromatic heterocycles. The average molecular weight is 1130 g/mol. The molecular formula is C85H54N4. The Morgan fingerprint density at radius 2 is 0.404 bits per heavy atom. The molecule has 0 N–H and O–H groups in total. The summed E-state index contributed by atoms with van der Waals surface area (Å²) in [5.41, 5.74) is 25.6. The van der Waals surface area contributed by atoms with E-state index in [9.17, 15) is 5.26 Å². The van der Waals surface area contributed by atoms with Crippen molar-refractivity contribution in [3.05, 3.63) is 333 Å². The molecule has 0 saturated carbocycles. The zero-order chi connectivity index (χ0) is 58.9. The first-order valence-electron chi connectivity index (χ1n) is 30.4. The molecule has 0 bridgehead atoms. The van der Waals surface area contributed by atoms with Crippen molar-refractivity contribution >= 4 is 65.4 Å². The third-order valence-corrected chi connectivity index (χ3v) is 18.1. The van der Waals surface area contributed by atoms with Crippen LogP contribution in [0.4, 0.5) is 0 Å². The predicted octanol–water partition coefficient (Wildman–Crippen LogP) is 22.5. The Hall–Kier alpha value is -12.0. The first-order valence-corrected chi connectivity index (χ1v) is 30.4. The van der Waals surface area contributed by atoms with Crippen molar-refractivity contribution in [2.24, 2.45) is 0 Å². The number of hydrogen-bond donors (Lipinski definition) is 0. The Kier molecular flexibility index (Phi) is 12.2. The van der Waals surface area contributed by atoms with Crippen LogP contribution in [0.15, 0.2) is 328 Å². The number of benzene rings is 14. The van der Waals surface area contributed by atoms with Crippen LogP contribution < -0.4 is 0 Å². The van der Waals surface area contributed by atoms with Gasteiger partial charge in [-0.2, -0.15) is 5.26 Å². The second kappa shape index (κ2) is 21.2. The molecule has 4 heteroatoms. The van der Waals surface area contributed by atoms with Crippen LogP contribution in [0.25, 0.3) is 160 Å². The molecule has 17 rings (SSSR count). The standard InChI is InChI=1S/C85H54N4/c86-55-56-31-33-63(34-32-56)70-53-83(87-77-47-64(57-19-7-1-8-20-57)35-41-71(77)72-42-36-65(48-78(72)87)58-21-9-2-10-22-58)85(89-81-51-68(61-27-15-5-16-28-61)39-45-75(81)76-46-40-69(52-82(76)89)62-29-17-6-18-30-62)84(54-70)88-79-49-66(59-23-11-3-12-24-59)37-43-73(79)74-44-38-67(50-80(74)88)60-25-13-4-14-26-60/h1-54H. The van der Waals surface area contributed by atoms with Crippen molar-refractivity contribution in [3.8, 4) is 101 Å². The van der Waals surface area contributed by atoms with E-state index in [1.165, 1.54) is 0 Å². The molecule has 89 heavy (non-hydrogen) atoms. The minimum Gasteiger partial charge on any atom is -0.307 e. The molecule has 0 unspecified atom stereocenters. The first-order chi connectivity index (χ1) is 44.1. The maximum Gasteiger partial charge on any atom is 0.0991 e. The van der Waals surface area contributed by atoms with Crippen LogP contribution in [0.2, 0.25) is 0 Å². The van der Waals surface area contributed by atoms with Gasteiger partial charge in [-0.25, -0.2) is 0 Å². The molecule has 0 amide bonds. The summed E-state index contributed by atoms with van der Waals surface area (Å²) in [5, 5.41) is 17.2. The molecule has 17 aromatic rings. The van der Waals surface area contributed by atoms with Gasteiger partial charge in [-0.3, -0.25) is 0 Å². The maximum atomic E-state index is 10.3. The predicted molar refractivity (Wildman–Crippen MR) is 372 cm³/mol. The molecule has 4 nitrogen and oxygen atoms in total. The summed E-state index contributed by atoms with van der Waals surface area (Å²) in [5.74, 6) is 0. The summed E-state index contributed by atoms with van der Waals surface area (Å²) >= 11 is 0. The largest absolute Gasteiger partial charge is 0.307 e. The van der Waals surface area contributed by atoms with Crippen LogP contribution in [0.1, 0.15) is 5.56 Å². The van der Waals surface area contributed by atoms with E-state index < -0.39 is 0 Å². The van der Waals surface area contributed by atoms with Gasteiger partial charge in [0.15, 0.2) is 0 Å². The molecule has 0 radical (unpaired) electrons. The fraction of sp³-hybridized carbons (Fsp3) is 0. The SMILES string of the molecule is N#Cc1ccc(-c2cc(-n3c4cc(-c5ccccc5)ccc4c4ccc(-c5ccccc5)cc43)c(-n3c4cc(-c5ccccc5)ccc4c4ccc(-c5ccccc5)cc43)c(-n3c4cc(-c5ccccc5)ccc4c4ccc(-c5ccccc5)cc43)c2)cc1. The second-order valence-electron chi connectivity index (χ2n) is 23.1. The van der Waals surface area contributed by atoms with Crippen LogP contribution in [0.5, 0.6) is 0 Å². The van der Waals surface area contributed by atoms with Crippen molar-refractivity contribution in [3.63, 3.8) is 0 Å². The van der Waals surface area contributed by atoms with Gasteiger partial charge < -0.3 is 13.7 Å². The first kappa shape index (κ1) is 51.4. The Morgan fingerprint density at radius 1 is 0.191 bits per heavy atom. The van der Waals surface area contributed by atoms with E-state index in [1.807, 2.05) is 12.1 Å². The molecule has 3 heterocycles. The zero-order valence-electron chi connectivity index (χ0n) is 48.5. The van der Waals surface area contributed by atoms with E-state index in [-0.39, 0.29) is 0 Å². The Morgan fingerprint density at radius 3 is 0.640 bits per heavy atom. The summed E-state index contributed by atoms with van der Waals surface area (Å²) < 4.78 is 7.72. The highest BCUT2D eigenvalue weighted by Gasteiger charge is 2.28. The van der Waals surface area contributed by atoms with Crippen molar-refractivity contribution in [1.82, 2.24) is 13.7 Å². The Balaban J connectivity index is 1.12. The van der Waals surface area contributed by atoms with Gasteiger partial charge in [0.1, 0.15) is 0 Å². The molecule has 0 spiro atoms. The fourth-order valence-electron chi connectivity index (χ4n) is 13.8. The van der Waals surface area contributed by atoms with Crippen LogP contribution in [-0.2, 0) is 0 Å². The molecule has 0 atom stereocenters. The number of rotatable bonds is 10. The van der Waals surface area contributed by atoms with E-state index in [2.05, 4.69) is 335 Å². The highest BCUT2D eigenvalue weighted by atomic mass is 15.1. The van der Waals surface area contributed by atoms with Gasteiger partial charge in [0.05, 0.1) is 61.8 Å². The smallest absolute Gasteiger partial charge is 0.0991 e. The second-order valence-corrected chi connectivity index (χ2v) is 23.1. The van der Waals surface area contributed by atoms with Crippen molar-refractivity contribution in [2.75, 3.05) is 0 Å². The lowest BCUT2D eigenvalue weighted by Gasteiger charge is -2.24. The lowest BCUT2D eigenvalue weighted by atomic mass is 10.00. The summed E-state index contributed by atoms with van der Waals surface area (Å²) in [6.07, 6.45) is 0. The maximum absolute atomic E-state index is 10.3. The number of nitriles is 1. The zero-order valence-corrected chi connectivity index (χ0v) is 48.5. The van der Waals surface area contributed by atoms with Crippen LogP contribution in [0, 0.1) is 11.3 Å². The van der Waals surface area contributed by atoms with E-state index in [0.29, 0.717) is 5.56 Å². The number of nitrogens with zero attached hydrogens (tertiary/aromatic N) is 4. The lowest BCUT2D eigenvalue weighted by Crippen LogP contribution is -2.10. The van der Waals surface area contributed by atoms with Crippen molar-refractivity contribution < 1.29 is 0 Å². The third kappa shape index (κ3) is 8.75. The minimum absolute atomic E-state index is 0.605. The minimum atomic E-state index is 0.605. The Labute approximate surface area is 515 Å². The average Bonchev–Trinajstić information content (AvgIpc) is 1.62. The van der Waals surface area contributed by atoms with E-state index in [4.69, 9.17) is 0 Å². The monoisotopic (exact) mass is 1130 g/mol. The van der Waals surface area contributed by atoms with Gasteiger partial charge in [0.2, 0.25) is 0 Å². The van der Waals surface area contributed by atoms with Gasteiger partial charge in [-0.1, -0.05) is 267 Å². The van der Waals surface area contributed by atoms with Crippen LogP contribution in [-0.4, -0.2) is 13.7 Å². The van der Waals surface area contributed by atoms with E-state index in [0.717, 1.165) is 160 Å². The van der Waals surface area contributed by atoms with Crippen molar-refractivity contribution in [2.45, 2.75) is 0 Å². The van der Waals surface area contributed by atoms with Crippen molar-refractivity contribution in [1.29, 1.82) is 5.26 Å². The summed E-state index contributed by atoms with van der Waals surface area (Å²) in [6.45, 7) is 0. The third-order valence-electron chi connectivity index (χ3n) is 18.1. The number of fused-ring (bicyclic) bond motifs is 9. The summed E-state index contributed by atoms with van der Waals surface area (Å²) in [4.78, 5) is 0. The van der Waals surface area contributed by atoms with Gasteiger partial charge in [0.25, 0.3) is 0 Å². The van der Waals surface area contributed by atoms with Crippen LogP contribution in [0.3, 0.4) is 0 Å². The molecule has 0 aliphatic heterocycles. The molecular weight excluding hydrogens is 1080 g/mol. The quantitative estimate of drug-likeness (QED) is 0.134. The fourth-order valence-corrected chi connectivity index (χ4v) is 13.8. The van der Waals surface area contributed by atoms with Gasteiger partial charge in [-0.05, 0) is 139 Å². The van der Waals surface area contributed by atoms with E-state index in [1.54, 1.807) is 0 Å². The molecule has 414 valence electrons. The van der Waals surface area contributed by atoms with Gasteiger partial charge in [0, 0.05) is 32.3 Å². The molecule has 14 aromatic carbocycles. The highest BCUT2D eigenvalue weighted by molar-refractivity contribution is 6.16. The molecule has 0 fully saturated rings. The summed E-state index contributed by atoms with van der Waals surface area (Å²) in [7, 11) is 0. The lowest BCUT2D eigenvalue weighted by molar-refractivity contribution is 1.05. The van der Waals surface area contributed by atoms with E-state index >= 15 is 0 Å². The van der Waals surface area contributed by atoms with Gasteiger partial charge >= 0.3 is 0 Å². The van der Waals surface area contributed by atoms with Crippen LogP contribution >= 0.6 is 0 Å². The topological polar surface area (TPSA) is 38.6 Å². The Bertz CT molecular complexity index is 5110.